The van der Waals surface area contributed by atoms with Gasteiger partial charge >= 0.3 is 5.97 Å². The number of hydrogen-bond acceptors (Lipinski definition) is 3. The molecule has 0 aromatic heterocycles. The van der Waals surface area contributed by atoms with Gasteiger partial charge in [-0.3, -0.25) is 0 Å². The Balaban J connectivity index is 1.74. The minimum atomic E-state index is -0.474. The molecule has 24 heavy (non-hydrogen) atoms. The highest BCUT2D eigenvalue weighted by atomic mass is 35.5. The van der Waals surface area contributed by atoms with Gasteiger partial charge in [-0.1, -0.05) is 60.1 Å². The Labute approximate surface area is 143 Å². The molecule has 0 saturated heterocycles. The highest BCUT2D eigenvalue weighted by molar-refractivity contribution is 6.32. The standard InChI is InChI=1S/C20H12ClNO2/c21-17-8-4-3-7-15(17)12-18-20(23)24-19(22-18)16-10-9-13-5-1-2-6-14(13)11-16/h1-12H/b18-12-. The molecule has 1 heterocycles. The monoisotopic (exact) mass is 333 g/mol. The number of carbonyl (C=O) groups is 1. The molecule has 0 saturated carbocycles. The molecule has 3 aromatic carbocycles. The van der Waals surface area contributed by atoms with Crippen LogP contribution in [0, 0.1) is 0 Å². The van der Waals surface area contributed by atoms with Crippen LogP contribution in [0.5, 0.6) is 0 Å². The molecule has 0 bridgehead atoms. The summed E-state index contributed by atoms with van der Waals surface area (Å²) in [7, 11) is 0. The summed E-state index contributed by atoms with van der Waals surface area (Å²) in [6.07, 6.45) is 1.64. The molecule has 0 spiro atoms. The minimum Gasteiger partial charge on any atom is -0.402 e. The summed E-state index contributed by atoms with van der Waals surface area (Å²) in [4.78, 5) is 16.4. The van der Waals surface area contributed by atoms with E-state index in [1.165, 1.54) is 0 Å². The van der Waals surface area contributed by atoms with E-state index >= 15 is 0 Å². The Hall–Kier alpha value is -2.91. The van der Waals surface area contributed by atoms with Gasteiger partial charge in [-0.25, -0.2) is 9.79 Å². The van der Waals surface area contributed by atoms with Crippen LogP contribution in [0.1, 0.15) is 11.1 Å². The number of rotatable bonds is 2. The number of nitrogens with zero attached hydrogens (tertiary/aromatic N) is 1. The maximum atomic E-state index is 12.1. The highest BCUT2D eigenvalue weighted by Gasteiger charge is 2.24. The van der Waals surface area contributed by atoms with E-state index in [0.29, 0.717) is 10.9 Å². The Bertz CT molecular complexity index is 1020. The fourth-order valence-corrected chi connectivity index (χ4v) is 2.78. The van der Waals surface area contributed by atoms with E-state index in [2.05, 4.69) is 4.99 Å². The van der Waals surface area contributed by atoms with Gasteiger partial charge in [-0.15, -0.1) is 0 Å². The number of benzene rings is 3. The minimum absolute atomic E-state index is 0.242. The third-order valence-corrected chi connectivity index (χ3v) is 4.16. The molecule has 0 atom stereocenters. The summed E-state index contributed by atoms with van der Waals surface area (Å²) >= 11 is 6.12. The Morgan fingerprint density at radius 2 is 1.67 bits per heavy atom. The molecule has 0 amide bonds. The Morgan fingerprint density at radius 3 is 2.50 bits per heavy atom. The lowest BCUT2D eigenvalue weighted by Crippen LogP contribution is -2.05. The second-order valence-corrected chi connectivity index (χ2v) is 5.83. The van der Waals surface area contributed by atoms with Crippen LogP contribution in [-0.4, -0.2) is 11.9 Å². The molecule has 3 aromatic rings. The summed E-state index contributed by atoms with van der Waals surface area (Å²) in [5.41, 5.74) is 1.74. The van der Waals surface area contributed by atoms with Crippen molar-refractivity contribution in [2.75, 3.05) is 0 Å². The maximum absolute atomic E-state index is 12.1. The van der Waals surface area contributed by atoms with E-state index in [0.717, 1.165) is 21.9 Å². The molecule has 4 heteroatoms. The van der Waals surface area contributed by atoms with Crippen molar-refractivity contribution in [1.82, 2.24) is 0 Å². The third kappa shape index (κ3) is 2.70. The number of cyclic esters (lactones) is 1. The van der Waals surface area contributed by atoms with E-state index in [4.69, 9.17) is 16.3 Å². The largest absolute Gasteiger partial charge is 0.402 e. The van der Waals surface area contributed by atoms with Crippen molar-refractivity contribution in [2.45, 2.75) is 0 Å². The fraction of sp³-hybridized carbons (Fsp3) is 0. The molecule has 116 valence electrons. The normalized spacial score (nSPS) is 15.6. The number of esters is 1. The third-order valence-electron chi connectivity index (χ3n) is 3.81. The zero-order valence-corrected chi connectivity index (χ0v) is 13.3. The average molecular weight is 334 g/mol. The van der Waals surface area contributed by atoms with Crippen molar-refractivity contribution in [3.05, 3.63) is 88.6 Å². The number of halogens is 1. The van der Waals surface area contributed by atoms with Gasteiger partial charge in [0.05, 0.1) is 0 Å². The Kier molecular flexibility index (Phi) is 3.63. The number of fused-ring (bicyclic) bond motifs is 1. The zero-order chi connectivity index (χ0) is 16.5. The fourth-order valence-electron chi connectivity index (χ4n) is 2.59. The molecule has 0 unspecified atom stereocenters. The quantitative estimate of drug-likeness (QED) is 0.497. The molecule has 1 aliphatic rings. The molecule has 0 aliphatic carbocycles. The van der Waals surface area contributed by atoms with E-state index in [9.17, 15) is 4.79 Å². The van der Waals surface area contributed by atoms with Crippen LogP contribution in [-0.2, 0) is 9.53 Å². The van der Waals surface area contributed by atoms with Crippen molar-refractivity contribution in [3.63, 3.8) is 0 Å². The van der Waals surface area contributed by atoms with Crippen LogP contribution in [0.4, 0.5) is 0 Å². The van der Waals surface area contributed by atoms with E-state index in [-0.39, 0.29) is 5.70 Å². The van der Waals surface area contributed by atoms with Crippen LogP contribution in [0.2, 0.25) is 5.02 Å². The number of carbonyl (C=O) groups excluding carboxylic acids is 1. The lowest BCUT2D eigenvalue weighted by atomic mass is 10.1. The molecule has 0 N–H and O–H groups in total. The van der Waals surface area contributed by atoms with Crippen LogP contribution in [0.25, 0.3) is 16.8 Å². The van der Waals surface area contributed by atoms with Gasteiger partial charge < -0.3 is 4.74 Å². The van der Waals surface area contributed by atoms with Gasteiger partial charge in [-0.2, -0.15) is 0 Å². The molecule has 4 rings (SSSR count). The van der Waals surface area contributed by atoms with Crippen molar-refractivity contribution in [1.29, 1.82) is 0 Å². The second kappa shape index (κ2) is 5.95. The first-order valence-electron chi connectivity index (χ1n) is 7.47. The molecular formula is C20H12ClNO2. The predicted octanol–water partition coefficient (Wildman–Crippen LogP) is 4.84. The van der Waals surface area contributed by atoms with Crippen molar-refractivity contribution in [3.8, 4) is 0 Å². The summed E-state index contributed by atoms with van der Waals surface area (Å²) in [5.74, 6) is -0.165. The number of aliphatic imine (C=N–C) groups is 1. The molecule has 3 nitrogen and oxygen atoms in total. The lowest BCUT2D eigenvalue weighted by Gasteiger charge is -2.02. The first-order chi connectivity index (χ1) is 11.7. The SMILES string of the molecule is O=C1OC(c2ccc3ccccc3c2)=N/C1=C\c1ccccc1Cl. The summed E-state index contributed by atoms with van der Waals surface area (Å²) in [6.45, 7) is 0. The summed E-state index contributed by atoms with van der Waals surface area (Å²) < 4.78 is 5.32. The van der Waals surface area contributed by atoms with Crippen LogP contribution in [0.3, 0.4) is 0 Å². The first-order valence-corrected chi connectivity index (χ1v) is 7.85. The van der Waals surface area contributed by atoms with Gasteiger partial charge in [0, 0.05) is 10.6 Å². The smallest absolute Gasteiger partial charge is 0.363 e. The van der Waals surface area contributed by atoms with E-state index < -0.39 is 5.97 Å². The zero-order valence-electron chi connectivity index (χ0n) is 12.6. The average Bonchev–Trinajstić information content (AvgIpc) is 2.97. The highest BCUT2D eigenvalue weighted by Crippen LogP contribution is 2.24. The van der Waals surface area contributed by atoms with Gasteiger partial charge in [0.15, 0.2) is 5.70 Å². The second-order valence-electron chi connectivity index (χ2n) is 5.42. The van der Waals surface area contributed by atoms with Gasteiger partial charge in [-0.05, 0) is 40.6 Å². The van der Waals surface area contributed by atoms with E-state index in [1.807, 2.05) is 60.7 Å². The molecule has 1 aliphatic heterocycles. The van der Waals surface area contributed by atoms with Crippen molar-refractivity contribution >= 4 is 40.3 Å². The van der Waals surface area contributed by atoms with Crippen LogP contribution in [0.15, 0.2) is 77.4 Å². The van der Waals surface area contributed by atoms with Gasteiger partial charge in [0.2, 0.25) is 5.90 Å². The number of hydrogen-bond donors (Lipinski definition) is 0. The summed E-state index contributed by atoms with van der Waals surface area (Å²) in [6, 6.07) is 21.1. The molecule has 0 radical (unpaired) electrons. The lowest BCUT2D eigenvalue weighted by molar-refractivity contribution is -0.129. The van der Waals surface area contributed by atoms with Crippen molar-refractivity contribution in [2.24, 2.45) is 4.99 Å². The number of ether oxygens (including phenoxy) is 1. The maximum Gasteiger partial charge on any atom is 0.363 e. The summed E-state index contributed by atoms with van der Waals surface area (Å²) in [5, 5.41) is 2.75. The van der Waals surface area contributed by atoms with Gasteiger partial charge in [0.25, 0.3) is 0 Å². The van der Waals surface area contributed by atoms with Crippen LogP contribution < -0.4 is 0 Å². The molecule has 0 fully saturated rings. The Morgan fingerprint density at radius 1 is 0.917 bits per heavy atom. The predicted molar refractivity (Wildman–Crippen MR) is 96.0 cm³/mol. The van der Waals surface area contributed by atoms with E-state index in [1.54, 1.807) is 12.1 Å². The van der Waals surface area contributed by atoms with Crippen LogP contribution >= 0.6 is 11.6 Å². The van der Waals surface area contributed by atoms with Crippen molar-refractivity contribution < 1.29 is 9.53 Å². The van der Waals surface area contributed by atoms with Gasteiger partial charge in [0.1, 0.15) is 0 Å². The molecular weight excluding hydrogens is 322 g/mol. The topological polar surface area (TPSA) is 38.7 Å². The first kappa shape index (κ1) is 14.7.